The first-order valence-corrected chi connectivity index (χ1v) is 13.3. The summed E-state index contributed by atoms with van der Waals surface area (Å²) in [7, 11) is 0. The highest BCUT2D eigenvalue weighted by Crippen LogP contribution is 2.33. The molecule has 0 aliphatic heterocycles. The first-order chi connectivity index (χ1) is 19.1. The summed E-state index contributed by atoms with van der Waals surface area (Å²) in [6.07, 6.45) is 4.51. The minimum Gasteiger partial charge on any atom is -0.489 e. The van der Waals surface area contributed by atoms with Gasteiger partial charge >= 0.3 is 6.09 Å². The number of nitrogens with one attached hydrogen (secondary N) is 2. The fourth-order valence-corrected chi connectivity index (χ4v) is 4.38. The Morgan fingerprint density at radius 1 is 1.08 bits per heavy atom. The number of aryl methyl sites for hydroxylation is 1. The molecule has 0 saturated heterocycles. The summed E-state index contributed by atoms with van der Waals surface area (Å²) in [4.78, 5) is 23.9. The maximum Gasteiger partial charge on any atom is 0.407 e. The van der Waals surface area contributed by atoms with Crippen molar-refractivity contribution < 1.29 is 14.3 Å². The van der Waals surface area contributed by atoms with Gasteiger partial charge in [0, 0.05) is 30.1 Å². The molecule has 2 aromatic carbocycles. The molecule has 3 heterocycles. The number of amides is 1. The van der Waals surface area contributed by atoms with E-state index in [9.17, 15) is 4.79 Å². The fraction of sp³-hybridized carbons (Fsp3) is 0.310. The van der Waals surface area contributed by atoms with Gasteiger partial charge in [0.15, 0.2) is 5.65 Å². The third-order valence-electron chi connectivity index (χ3n) is 6.45. The number of ether oxygens (including phenoxy) is 2. The Hall–Kier alpha value is -4.60. The second kappa shape index (κ2) is 12.3. The van der Waals surface area contributed by atoms with Crippen LogP contribution in [0, 0.1) is 0 Å². The zero-order chi connectivity index (χ0) is 27.0. The van der Waals surface area contributed by atoms with Gasteiger partial charge < -0.3 is 25.5 Å². The molecule has 10 nitrogen and oxygen atoms in total. The molecule has 0 bridgehead atoms. The lowest BCUT2D eigenvalue weighted by atomic mass is 10.2. The third-order valence-corrected chi connectivity index (χ3v) is 6.45. The zero-order valence-corrected chi connectivity index (χ0v) is 22.0. The quantitative estimate of drug-likeness (QED) is 0.184. The summed E-state index contributed by atoms with van der Waals surface area (Å²) in [6.45, 7) is 4.16. The van der Waals surface area contributed by atoms with E-state index in [1.165, 1.54) is 6.33 Å². The minimum absolute atomic E-state index is 0.372. The van der Waals surface area contributed by atoms with Crippen LogP contribution in [0.5, 0.6) is 5.75 Å². The molecule has 5 aromatic rings. The van der Waals surface area contributed by atoms with Gasteiger partial charge in [-0.2, -0.15) is 5.10 Å². The van der Waals surface area contributed by atoms with E-state index >= 15 is 0 Å². The van der Waals surface area contributed by atoms with Crippen molar-refractivity contribution in [3.8, 4) is 17.1 Å². The molecule has 202 valence electrons. The number of nitrogens with two attached hydrogens (primary N) is 1. The zero-order valence-electron chi connectivity index (χ0n) is 22.0. The molecule has 0 aliphatic carbocycles. The minimum atomic E-state index is -0.372. The van der Waals surface area contributed by atoms with Gasteiger partial charge in [0.1, 0.15) is 30.2 Å². The number of hydrogen-bond acceptors (Lipinski definition) is 7. The van der Waals surface area contributed by atoms with Crippen LogP contribution in [0.2, 0.25) is 0 Å². The highest BCUT2D eigenvalue weighted by atomic mass is 16.5. The lowest BCUT2D eigenvalue weighted by molar-refractivity contribution is 0.144. The topological polar surface area (TPSA) is 133 Å². The number of unbranched alkanes of at least 4 members (excludes halogenated alkanes) is 2. The van der Waals surface area contributed by atoms with Crippen molar-refractivity contribution in [3.63, 3.8) is 0 Å². The van der Waals surface area contributed by atoms with E-state index in [1.807, 2.05) is 59.3 Å². The summed E-state index contributed by atoms with van der Waals surface area (Å²) in [5, 5.41) is 9.39. The number of alkyl carbamates (subject to hydrolysis) is 1. The smallest absolute Gasteiger partial charge is 0.407 e. The normalized spacial score (nSPS) is 11.2. The van der Waals surface area contributed by atoms with Gasteiger partial charge in [-0.1, -0.05) is 43.7 Å². The number of fused-ring (bicyclic) bond motifs is 2. The van der Waals surface area contributed by atoms with E-state index in [0.29, 0.717) is 48.8 Å². The number of rotatable bonds is 12. The Balaban J connectivity index is 1.28. The van der Waals surface area contributed by atoms with Crippen LogP contribution < -0.4 is 15.8 Å². The van der Waals surface area contributed by atoms with E-state index in [0.717, 1.165) is 53.6 Å². The standard InChI is InChI=1S/C29H33N7O3/c1-2-3-15-38-29(37)31-13-7-8-14-36-28-25(27(30)32-19-33-28)26(35-36)24-16-21-11-12-22(17-23(21)34-24)39-18-20-9-5-4-6-10-20/h4-6,9-12,16-17,19,34H,2-3,7-8,13-15,18H2,1H3,(H,31,37)(H2,30,32,33). The SMILES string of the molecule is CCCCOC(=O)NCCCCn1nc(-c2cc3ccc(OCc4ccccc4)cc3[nH]2)c2c(N)ncnc21. The maximum atomic E-state index is 11.7. The van der Waals surface area contributed by atoms with Crippen molar-refractivity contribution in [2.45, 2.75) is 45.8 Å². The average Bonchev–Trinajstić information content (AvgIpc) is 3.54. The molecule has 0 spiro atoms. The molecule has 0 unspecified atom stereocenters. The van der Waals surface area contributed by atoms with E-state index in [4.69, 9.17) is 20.3 Å². The Kier molecular flexibility index (Phi) is 8.20. The number of H-pyrrole nitrogens is 1. The van der Waals surface area contributed by atoms with Crippen LogP contribution in [0.3, 0.4) is 0 Å². The second-order valence-electron chi connectivity index (χ2n) is 9.36. The Morgan fingerprint density at radius 3 is 2.79 bits per heavy atom. The summed E-state index contributed by atoms with van der Waals surface area (Å²) >= 11 is 0. The van der Waals surface area contributed by atoms with E-state index in [2.05, 4.69) is 27.2 Å². The van der Waals surface area contributed by atoms with Crippen molar-refractivity contribution in [2.75, 3.05) is 18.9 Å². The number of carbonyl (C=O) groups excluding carboxylic acids is 1. The van der Waals surface area contributed by atoms with Crippen LogP contribution in [-0.2, 0) is 17.9 Å². The molecule has 1 amide bonds. The Morgan fingerprint density at radius 2 is 1.95 bits per heavy atom. The molecular weight excluding hydrogens is 494 g/mol. The molecular formula is C29H33N7O3. The molecule has 10 heteroatoms. The van der Waals surface area contributed by atoms with Crippen molar-refractivity contribution in [1.82, 2.24) is 30.0 Å². The molecule has 0 fully saturated rings. The number of anilines is 1. The Bertz CT molecular complexity index is 1550. The van der Waals surface area contributed by atoms with Gasteiger partial charge in [-0.3, -0.25) is 0 Å². The number of nitrogens with zero attached hydrogens (tertiary/aromatic N) is 4. The lowest BCUT2D eigenvalue weighted by Gasteiger charge is -2.06. The van der Waals surface area contributed by atoms with Crippen LogP contribution in [0.15, 0.2) is 60.9 Å². The predicted octanol–water partition coefficient (Wildman–Crippen LogP) is 5.44. The van der Waals surface area contributed by atoms with Crippen molar-refractivity contribution in [1.29, 1.82) is 0 Å². The number of carbonyl (C=O) groups is 1. The van der Waals surface area contributed by atoms with Gasteiger partial charge in [-0.15, -0.1) is 0 Å². The van der Waals surface area contributed by atoms with Gasteiger partial charge in [0.2, 0.25) is 0 Å². The lowest BCUT2D eigenvalue weighted by Crippen LogP contribution is -2.25. The van der Waals surface area contributed by atoms with Crippen LogP contribution in [0.25, 0.3) is 33.3 Å². The number of aromatic amines is 1. The van der Waals surface area contributed by atoms with Crippen molar-refractivity contribution in [3.05, 3.63) is 66.5 Å². The fourth-order valence-electron chi connectivity index (χ4n) is 4.38. The largest absolute Gasteiger partial charge is 0.489 e. The summed E-state index contributed by atoms with van der Waals surface area (Å²) in [5.41, 5.74) is 10.5. The summed E-state index contributed by atoms with van der Waals surface area (Å²) in [5.74, 6) is 1.16. The van der Waals surface area contributed by atoms with Crippen molar-refractivity contribution in [2.24, 2.45) is 0 Å². The molecule has 4 N–H and O–H groups in total. The third kappa shape index (κ3) is 6.28. The highest BCUT2D eigenvalue weighted by molar-refractivity contribution is 5.99. The second-order valence-corrected chi connectivity index (χ2v) is 9.36. The van der Waals surface area contributed by atoms with Crippen LogP contribution >= 0.6 is 0 Å². The summed E-state index contributed by atoms with van der Waals surface area (Å²) in [6, 6.07) is 18.1. The number of aromatic nitrogens is 5. The highest BCUT2D eigenvalue weighted by Gasteiger charge is 2.18. The van der Waals surface area contributed by atoms with Gasteiger partial charge in [0.05, 0.1) is 17.7 Å². The van der Waals surface area contributed by atoms with Crippen LogP contribution in [-0.4, -0.2) is 44.0 Å². The van der Waals surface area contributed by atoms with E-state index in [1.54, 1.807) is 0 Å². The number of benzene rings is 2. The summed E-state index contributed by atoms with van der Waals surface area (Å²) < 4.78 is 13.0. The Labute approximate surface area is 226 Å². The van der Waals surface area contributed by atoms with E-state index < -0.39 is 0 Å². The molecule has 0 aliphatic rings. The monoisotopic (exact) mass is 527 g/mol. The molecule has 5 rings (SSSR count). The van der Waals surface area contributed by atoms with Gasteiger partial charge in [0.25, 0.3) is 0 Å². The average molecular weight is 528 g/mol. The molecule has 0 atom stereocenters. The molecule has 3 aromatic heterocycles. The number of nitrogen functional groups attached to an aromatic ring is 1. The first kappa shape index (κ1) is 26.0. The van der Waals surface area contributed by atoms with Crippen molar-refractivity contribution >= 4 is 33.8 Å². The maximum absolute atomic E-state index is 11.7. The molecule has 39 heavy (non-hydrogen) atoms. The molecule has 0 radical (unpaired) electrons. The van der Waals surface area contributed by atoms with Gasteiger partial charge in [-0.25, -0.2) is 19.4 Å². The first-order valence-electron chi connectivity index (χ1n) is 13.3. The van der Waals surface area contributed by atoms with Crippen LogP contribution in [0.1, 0.15) is 38.2 Å². The van der Waals surface area contributed by atoms with Crippen LogP contribution in [0.4, 0.5) is 10.6 Å². The predicted molar refractivity (Wildman–Crippen MR) is 151 cm³/mol. The van der Waals surface area contributed by atoms with E-state index in [-0.39, 0.29) is 6.09 Å². The number of hydrogen-bond donors (Lipinski definition) is 3. The molecule has 0 saturated carbocycles. The van der Waals surface area contributed by atoms with Gasteiger partial charge in [-0.05, 0) is 43.0 Å².